The van der Waals surface area contributed by atoms with E-state index in [0.29, 0.717) is 16.8 Å². The van der Waals surface area contributed by atoms with Crippen molar-refractivity contribution in [2.45, 2.75) is 32.1 Å². The van der Waals surface area contributed by atoms with Crippen molar-refractivity contribution in [2.75, 3.05) is 0 Å². The third kappa shape index (κ3) is 2.21. The molecule has 1 aromatic carbocycles. The summed E-state index contributed by atoms with van der Waals surface area (Å²) in [5, 5.41) is 22.9. The van der Waals surface area contributed by atoms with Gasteiger partial charge in [0.25, 0.3) is 11.2 Å². The lowest BCUT2D eigenvalue weighted by Gasteiger charge is -2.31. The molecule has 1 atom stereocenters. The molecule has 2 aromatic heterocycles. The van der Waals surface area contributed by atoms with Crippen LogP contribution < -0.4 is 5.56 Å². The minimum atomic E-state index is -1.91. The number of nitro groups is 1. The molecular weight excluding hydrogens is 378 g/mol. The second-order valence-electron chi connectivity index (χ2n) is 7.21. The highest BCUT2D eigenvalue weighted by Gasteiger charge is 2.45. The van der Waals surface area contributed by atoms with Crippen LogP contribution in [-0.2, 0) is 28.3 Å². The lowest BCUT2D eigenvalue weighted by Crippen LogP contribution is -2.44. The molecule has 9 heteroatoms. The number of fused-ring (bicyclic) bond motifs is 5. The van der Waals surface area contributed by atoms with Crippen LogP contribution in [0.15, 0.2) is 35.1 Å². The lowest BCUT2D eigenvalue weighted by atomic mass is 9.86. The zero-order valence-corrected chi connectivity index (χ0v) is 15.3. The van der Waals surface area contributed by atoms with E-state index >= 15 is 0 Å². The molecule has 0 fully saturated rings. The average Bonchev–Trinajstić information content (AvgIpc) is 3.07. The van der Waals surface area contributed by atoms with E-state index in [1.807, 2.05) is 0 Å². The Labute approximate surface area is 163 Å². The van der Waals surface area contributed by atoms with Gasteiger partial charge in [-0.1, -0.05) is 19.1 Å². The van der Waals surface area contributed by atoms with Gasteiger partial charge < -0.3 is 14.4 Å². The third-order valence-electron chi connectivity index (χ3n) is 5.71. The number of esters is 1. The Bertz CT molecular complexity index is 1310. The second kappa shape index (κ2) is 5.71. The van der Waals surface area contributed by atoms with Crippen LogP contribution in [0.1, 0.15) is 30.0 Å². The van der Waals surface area contributed by atoms with Crippen LogP contribution in [0.2, 0.25) is 0 Å². The van der Waals surface area contributed by atoms with E-state index in [1.54, 1.807) is 31.2 Å². The molecule has 0 amide bonds. The Kier molecular flexibility index (Phi) is 3.45. The average molecular weight is 393 g/mol. The molecule has 2 aliphatic rings. The van der Waals surface area contributed by atoms with E-state index in [1.165, 1.54) is 10.6 Å². The number of nitro benzene ring substituents is 1. The number of cyclic esters (lactones) is 1. The number of ether oxygens (including phenoxy) is 1. The molecule has 3 aromatic rings. The van der Waals surface area contributed by atoms with E-state index in [2.05, 4.69) is 4.98 Å². The van der Waals surface area contributed by atoms with Crippen LogP contribution in [0.25, 0.3) is 22.3 Å². The smallest absolute Gasteiger partial charge is 0.343 e. The number of carbonyl (C=O) groups is 1. The van der Waals surface area contributed by atoms with Crippen molar-refractivity contribution >= 4 is 22.6 Å². The fourth-order valence-electron chi connectivity index (χ4n) is 4.14. The molecule has 0 spiro atoms. The maximum atomic E-state index is 13.1. The monoisotopic (exact) mass is 393 g/mol. The number of pyridine rings is 2. The summed E-state index contributed by atoms with van der Waals surface area (Å²) in [6.45, 7) is 1.68. The normalized spacial score (nSPS) is 19.4. The van der Waals surface area contributed by atoms with Gasteiger partial charge in [-0.05, 0) is 18.6 Å². The minimum absolute atomic E-state index is 0.0468. The van der Waals surface area contributed by atoms with Gasteiger partial charge in [-0.25, -0.2) is 9.78 Å². The predicted molar refractivity (Wildman–Crippen MR) is 101 cm³/mol. The van der Waals surface area contributed by atoms with Gasteiger partial charge in [0.05, 0.1) is 28.4 Å². The zero-order valence-electron chi connectivity index (χ0n) is 15.3. The van der Waals surface area contributed by atoms with Crippen LogP contribution in [-0.4, -0.2) is 25.6 Å². The van der Waals surface area contributed by atoms with Gasteiger partial charge in [0.2, 0.25) is 0 Å². The van der Waals surface area contributed by atoms with Crippen molar-refractivity contribution in [2.24, 2.45) is 0 Å². The molecule has 1 N–H and O–H groups in total. The molecule has 9 nitrogen and oxygen atoms in total. The SMILES string of the molecule is CC[C@@]1(O)C(=O)OCc2c1cc1n(c2=O)Cc2cc3cccc([N+](=O)[O-])c3nc2-1. The van der Waals surface area contributed by atoms with Crippen LogP contribution >= 0.6 is 0 Å². The number of rotatable bonds is 2. The van der Waals surface area contributed by atoms with Gasteiger partial charge >= 0.3 is 5.97 Å². The summed E-state index contributed by atoms with van der Waals surface area (Å²) in [6.07, 6.45) is 0.0468. The first kappa shape index (κ1) is 17.5. The van der Waals surface area contributed by atoms with Crippen molar-refractivity contribution in [1.29, 1.82) is 0 Å². The summed E-state index contributed by atoms with van der Waals surface area (Å²) in [6, 6.07) is 8.06. The molecule has 0 radical (unpaired) electrons. The first-order valence-corrected chi connectivity index (χ1v) is 9.09. The summed E-state index contributed by atoms with van der Waals surface area (Å²) in [5.41, 5.74) is -0.135. The molecule has 0 bridgehead atoms. The number of hydrogen-bond donors (Lipinski definition) is 1. The molecule has 29 heavy (non-hydrogen) atoms. The van der Waals surface area contributed by atoms with Gasteiger partial charge in [-0.3, -0.25) is 14.9 Å². The molecular formula is C20H15N3O6. The Morgan fingerprint density at radius 2 is 2.14 bits per heavy atom. The first-order chi connectivity index (χ1) is 13.8. The fraction of sp³-hybridized carbons (Fsp3) is 0.250. The third-order valence-corrected chi connectivity index (χ3v) is 5.71. The van der Waals surface area contributed by atoms with Crippen molar-refractivity contribution in [3.63, 3.8) is 0 Å². The van der Waals surface area contributed by atoms with Crippen LogP contribution in [0, 0.1) is 10.1 Å². The van der Waals surface area contributed by atoms with Gasteiger partial charge in [0.1, 0.15) is 12.1 Å². The highest BCUT2D eigenvalue weighted by atomic mass is 16.6. The molecule has 5 rings (SSSR count). The quantitative estimate of drug-likeness (QED) is 0.314. The number of benzene rings is 1. The number of para-hydroxylation sites is 1. The molecule has 4 heterocycles. The van der Waals surface area contributed by atoms with Crippen molar-refractivity contribution in [3.05, 3.63) is 67.5 Å². The number of aromatic nitrogens is 2. The Morgan fingerprint density at radius 3 is 2.86 bits per heavy atom. The largest absolute Gasteiger partial charge is 0.458 e. The molecule has 2 aliphatic heterocycles. The number of nitrogens with zero attached hydrogens (tertiary/aromatic N) is 3. The molecule has 0 saturated heterocycles. The van der Waals surface area contributed by atoms with Crippen molar-refractivity contribution in [3.8, 4) is 11.4 Å². The predicted octanol–water partition coefficient (Wildman–Crippen LogP) is 1.99. The standard InChI is InChI=1S/C20H15N3O6/c1-2-20(26)13-7-15-17-11(8-22(15)18(24)12(13)9-29-19(20)25)6-10-4-3-5-14(23(27)28)16(10)21-17/h3-7,26H,2,8-9H2,1H3/t20-/m0/s1. The van der Waals surface area contributed by atoms with E-state index in [9.17, 15) is 24.8 Å². The highest BCUT2D eigenvalue weighted by Crippen LogP contribution is 2.39. The second-order valence-corrected chi connectivity index (χ2v) is 7.21. The summed E-state index contributed by atoms with van der Waals surface area (Å²) >= 11 is 0. The summed E-state index contributed by atoms with van der Waals surface area (Å²) < 4.78 is 6.54. The molecule has 0 saturated carbocycles. The number of aliphatic hydroxyl groups is 1. The number of carbonyl (C=O) groups excluding carboxylic acids is 1. The number of hydrogen-bond acceptors (Lipinski definition) is 7. The summed E-state index contributed by atoms with van der Waals surface area (Å²) in [4.78, 5) is 40.7. The van der Waals surface area contributed by atoms with E-state index in [4.69, 9.17) is 4.74 Å². The van der Waals surface area contributed by atoms with E-state index in [0.717, 1.165) is 5.56 Å². The lowest BCUT2D eigenvalue weighted by molar-refractivity contribution is -0.383. The topological polar surface area (TPSA) is 125 Å². The minimum Gasteiger partial charge on any atom is -0.458 e. The zero-order chi connectivity index (χ0) is 20.5. The van der Waals surface area contributed by atoms with E-state index < -0.39 is 16.5 Å². The van der Waals surface area contributed by atoms with Crippen LogP contribution in [0.5, 0.6) is 0 Å². The van der Waals surface area contributed by atoms with E-state index in [-0.39, 0.29) is 47.5 Å². The molecule has 0 aliphatic carbocycles. The fourth-order valence-corrected chi connectivity index (χ4v) is 4.14. The van der Waals surface area contributed by atoms with Gasteiger partial charge in [0.15, 0.2) is 5.60 Å². The van der Waals surface area contributed by atoms with Crippen molar-refractivity contribution < 1.29 is 19.6 Å². The molecule has 146 valence electrons. The van der Waals surface area contributed by atoms with Gasteiger partial charge in [-0.15, -0.1) is 0 Å². The first-order valence-electron chi connectivity index (χ1n) is 9.09. The van der Waals surface area contributed by atoms with Crippen molar-refractivity contribution in [1.82, 2.24) is 9.55 Å². The Balaban J connectivity index is 1.81. The van der Waals surface area contributed by atoms with Gasteiger partial charge in [-0.2, -0.15) is 0 Å². The number of non-ortho nitro benzene ring substituents is 1. The summed E-state index contributed by atoms with van der Waals surface area (Å²) in [5.74, 6) is -0.794. The summed E-state index contributed by atoms with van der Waals surface area (Å²) in [7, 11) is 0. The Morgan fingerprint density at radius 1 is 1.34 bits per heavy atom. The van der Waals surface area contributed by atoms with Crippen LogP contribution in [0.4, 0.5) is 5.69 Å². The van der Waals surface area contributed by atoms with Crippen LogP contribution in [0.3, 0.4) is 0 Å². The highest BCUT2D eigenvalue weighted by molar-refractivity contribution is 5.91. The van der Waals surface area contributed by atoms with Gasteiger partial charge in [0, 0.05) is 22.6 Å². The maximum Gasteiger partial charge on any atom is 0.343 e. The molecule has 0 unspecified atom stereocenters. The Hall–Kier alpha value is -3.59. The maximum absolute atomic E-state index is 13.1.